The molecule has 3 aromatic rings. The number of benzene rings is 3. The second-order valence-electron chi connectivity index (χ2n) is 7.38. The van der Waals surface area contributed by atoms with Crippen LogP contribution in [0.3, 0.4) is 0 Å². The summed E-state index contributed by atoms with van der Waals surface area (Å²) in [7, 11) is -2.52. The number of hydrogen-bond donors (Lipinski definition) is 1. The molecule has 1 saturated heterocycles. The smallest absolute Gasteiger partial charge is 0.339 e. The van der Waals surface area contributed by atoms with Gasteiger partial charge in [-0.05, 0) is 30.8 Å². The molecule has 1 N–H and O–H groups in total. The Morgan fingerprint density at radius 1 is 1.00 bits per heavy atom. The third-order valence-electron chi connectivity index (χ3n) is 5.20. The maximum absolute atomic E-state index is 13.0. The van der Waals surface area contributed by atoms with Crippen LogP contribution >= 0.6 is 12.4 Å². The van der Waals surface area contributed by atoms with Gasteiger partial charge in [-0.15, -0.1) is 12.4 Å². The normalized spacial score (nSPS) is 16.4. The molecule has 0 aliphatic carbocycles. The molecule has 3 aromatic carbocycles. The Balaban J connectivity index is 0.00000272. The van der Waals surface area contributed by atoms with Crippen molar-refractivity contribution in [1.29, 1.82) is 0 Å². The number of nitrogens with one attached hydrogen (secondary N) is 1. The van der Waals surface area contributed by atoms with E-state index in [0.29, 0.717) is 29.4 Å². The van der Waals surface area contributed by atoms with Gasteiger partial charge in [0, 0.05) is 36.0 Å². The molecule has 0 bridgehead atoms. The predicted molar refractivity (Wildman–Crippen MR) is 123 cm³/mol. The van der Waals surface area contributed by atoms with Crippen LogP contribution in [-0.4, -0.2) is 35.2 Å². The first-order valence-corrected chi connectivity index (χ1v) is 11.4. The molecule has 31 heavy (non-hydrogen) atoms. The van der Waals surface area contributed by atoms with Gasteiger partial charge in [0.15, 0.2) is 0 Å². The molecule has 0 amide bonds. The van der Waals surface area contributed by atoms with Crippen LogP contribution in [0.25, 0.3) is 10.8 Å². The van der Waals surface area contributed by atoms with E-state index >= 15 is 0 Å². The number of ether oxygens (including phenoxy) is 2. The van der Waals surface area contributed by atoms with Crippen LogP contribution in [0.2, 0.25) is 0 Å². The molecule has 1 aliphatic rings. The highest BCUT2D eigenvalue weighted by Crippen LogP contribution is 2.32. The molecule has 8 heteroatoms. The zero-order valence-corrected chi connectivity index (χ0v) is 18.9. The van der Waals surface area contributed by atoms with Gasteiger partial charge in [-0.25, -0.2) is 0 Å². The number of hydrogen-bond acceptors (Lipinski definition) is 6. The van der Waals surface area contributed by atoms with Gasteiger partial charge in [-0.1, -0.05) is 36.4 Å². The van der Waals surface area contributed by atoms with Gasteiger partial charge in [0.2, 0.25) is 0 Å². The van der Waals surface area contributed by atoms with Gasteiger partial charge in [-0.3, -0.25) is 0 Å². The van der Waals surface area contributed by atoms with Gasteiger partial charge >= 0.3 is 10.1 Å². The molecule has 1 heterocycles. The molecule has 1 aliphatic heterocycles. The monoisotopic (exact) mass is 463 g/mol. The van der Waals surface area contributed by atoms with E-state index in [1.807, 2.05) is 18.2 Å². The number of fused-ring (bicyclic) bond motifs is 1. The molecule has 0 saturated carbocycles. The third-order valence-corrected chi connectivity index (χ3v) is 6.51. The summed E-state index contributed by atoms with van der Waals surface area (Å²) in [5, 5.41) is 4.81. The quantitative estimate of drug-likeness (QED) is 0.523. The lowest BCUT2D eigenvalue weighted by molar-refractivity contribution is 0.217. The molecule has 166 valence electrons. The molecule has 1 atom stereocenters. The first-order valence-electron chi connectivity index (χ1n) is 10.00. The Morgan fingerprint density at radius 3 is 2.52 bits per heavy atom. The lowest BCUT2D eigenvalue weighted by Gasteiger charge is -2.23. The van der Waals surface area contributed by atoms with Crippen LogP contribution in [0.5, 0.6) is 17.2 Å². The summed E-state index contributed by atoms with van der Waals surface area (Å²) < 4.78 is 42.7. The van der Waals surface area contributed by atoms with Gasteiger partial charge in [0.25, 0.3) is 0 Å². The minimum absolute atomic E-state index is 0. The van der Waals surface area contributed by atoms with E-state index in [1.165, 1.54) is 13.2 Å². The molecular formula is C23H26ClNO5S. The fourth-order valence-corrected chi connectivity index (χ4v) is 4.80. The molecular weight excluding hydrogens is 438 g/mol. The van der Waals surface area contributed by atoms with Crippen molar-refractivity contribution < 1.29 is 22.1 Å². The van der Waals surface area contributed by atoms with E-state index in [2.05, 4.69) is 5.32 Å². The third kappa shape index (κ3) is 5.61. The van der Waals surface area contributed by atoms with E-state index in [9.17, 15) is 8.42 Å². The maximum atomic E-state index is 13.0. The Morgan fingerprint density at radius 2 is 1.74 bits per heavy atom. The van der Waals surface area contributed by atoms with E-state index in [1.54, 1.807) is 36.4 Å². The highest BCUT2D eigenvalue weighted by Gasteiger charge is 2.21. The highest BCUT2D eigenvalue weighted by molar-refractivity contribution is 7.87. The van der Waals surface area contributed by atoms with Crippen LogP contribution < -0.4 is 19.0 Å². The van der Waals surface area contributed by atoms with E-state index in [0.717, 1.165) is 31.3 Å². The van der Waals surface area contributed by atoms with Gasteiger partial charge in [-0.2, -0.15) is 8.42 Å². The summed E-state index contributed by atoms with van der Waals surface area (Å²) in [4.78, 5) is 0.124. The zero-order valence-electron chi connectivity index (χ0n) is 17.2. The summed E-state index contributed by atoms with van der Waals surface area (Å²) in [6.07, 6.45) is 2.24. The minimum Gasteiger partial charge on any atom is -0.496 e. The number of rotatable bonds is 7. The highest BCUT2D eigenvalue weighted by atomic mass is 35.5. The lowest BCUT2D eigenvalue weighted by Crippen LogP contribution is -2.33. The van der Waals surface area contributed by atoms with Gasteiger partial charge in [0.05, 0.1) is 13.7 Å². The SMILES string of the molecule is COc1cc(OCC2CCCNC2)cc(OS(=O)(=O)c2cccc3ccccc23)c1.Cl. The maximum Gasteiger partial charge on any atom is 0.339 e. The topological polar surface area (TPSA) is 73.9 Å². The molecule has 0 spiro atoms. The zero-order chi connectivity index (χ0) is 21.0. The second-order valence-corrected chi connectivity index (χ2v) is 8.90. The fraction of sp³-hybridized carbons (Fsp3) is 0.304. The largest absolute Gasteiger partial charge is 0.496 e. The average Bonchev–Trinajstić information content (AvgIpc) is 2.77. The molecule has 1 unspecified atom stereocenters. The van der Waals surface area contributed by atoms with Crippen molar-refractivity contribution in [3.63, 3.8) is 0 Å². The summed E-state index contributed by atoms with van der Waals surface area (Å²) in [6, 6.07) is 17.3. The molecule has 0 aromatic heterocycles. The first kappa shape index (κ1) is 23.2. The van der Waals surface area contributed by atoms with Crippen LogP contribution in [-0.2, 0) is 10.1 Å². The van der Waals surface area contributed by atoms with Crippen LogP contribution in [0.1, 0.15) is 12.8 Å². The molecule has 0 radical (unpaired) electrons. The fourth-order valence-electron chi connectivity index (χ4n) is 3.66. The van der Waals surface area contributed by atoms with Crippen molar-refractivity contribution >= 4 is 33.3 Å². The van der Waals surface area contributed by atoms with Crippen molar-refractivity contribution in [2.45, 2.75) is 17.7 Å². The minimum atomic E-state index is -4.04. The number of methoxy groups -OCH3 is 1. The number of piperidine rings is 1. The second kappa shape index (κ2) is 10.2. The lowest BCUT2D eigenvalue weighted by atomic mass is 10.0. The van der Waals surface area contributed by atoms with E-state index in [4.69, 9.17) is 13.7 Å². The summed E-state index contributed by atoms with van der Waals surface area (Å²) >= 11 is 0. The van der Waals surface area contributed by atoms with Gasteiger partial charge in [0.1, 0.15) is 22.1 Å². The first-order chi connectivity index (χ1) is 14.5. The average molecular weight is 464 g/mol. The predicted octanol–water partition coefficient (Wildman–Crippen LogP) is 4.42. The van der Waals surface area contributed by atoms with E-state index in [-0.39, 0.29) is 23.1 Å². The molecule has 1 fully saturated rings. The molecule has 4 rings (SSSR count). The van der Waals surface area contributed by atoms with E-state index < -0.39 is 10.1 Å². The van der Waals surface area contributed by atoms with Crippen LogP contribution in [0, 0.1) is 5.92 Å². The standard InChI is InChI=1S/C23H25NO5S.ClH/c1-27-19-12-20(28-16-17-6-5-11-24-15-17)14-21(13-19)29-30(25,26)23-10-4-8-18-7-2-3-9-22(18)23;/h2-4,7-10,12-14,17,24H,5-6,11,15-16H2,1H3;1H. The summed E-state index contributed by atoms with van der Waals surface area (Å²) in [5.41, 5.74) is 0. The van der Waals surface area contributed by atoms with Gasteiger partial charge < -0.3 is 19.0 Å². The number of halogens is 1. The Bertz CT molecular complexity index is 1120. The van der Waals surface area contributed by atoms with Crippen LogP contribution in [0.4, 0.5) is 0 Å². The van der Waals surface area contributed by atoms with Crippen LogP contribution in [0.15, 0.2) is 65.6 Å². The van der Waals surface area contributed by atoms with Crippen molar-refractivity contribution in [3.8, 4) is 17.2 Å². The van der Waals surface area contributed by atoms with Crippen molar-refractivity contribution in [2.24, 2.45) is 5.92 Å². The summed E-state index contributed by atoms with van der Waals surface area (Å²) in [5.74, 6) is 1.56. The van der Waals surface area contributed by atoms with Crippen molar-refractivity contribution in [2.75, 3.05) is 26.8 Å². The Kier molecular flexibility index (Phi) is 7.64. The molecule has 6 nitrogen and oxygen atoms in total. The Hall–Kier alpha value is -2.48. The Labute approximate surface area is 189 Å². The van der Waals surface area contributed by atoms with Crippen molar-refractivity contribution in [1.82, 2.24) is 5.32 Å². The summed E-state index contributed by atoms with van der Waals surface area (Å²) in [6.45, 7) is 2.51. The van der Waals surface area contributed by atoms with Crippen molar-refractivity contribution in [3.05, 3.63) is 60.7 Å².